The predicted molar refractivity (Wildman–Crippen MR) is 140 cm³/mol. The zero-order chi connectivity index (χ0) is 28.2. The van der Waals surface area contributed by atoms with Crippen LogP contribution in [0.1, 0.15) is 13.3 Å². The number of hydrogen-bond acceptors (Lipinski definition) is 10. The Hall–Kier alpha value is -3.34. The molecule has 2 heterocycles. The van der Waals surface area contributed by atoms with Crippen LogP contribution in [0.25, 0.3) is 0 Å². The molecule has 0 aromatic rings. The van der Waals surface area contributed by atoms with Crippen LogP contribution in [0.4, 0.5) is 0 Å². The first-order valence-electron chi connectivity index (χ1n) is 12.1. The third-order valence-electron chi connectivity index (χ3n) is 6.58. The van der Waals surface area contributed by atoms with Gasteiger partial charge in [-0.15, -0.1) is 0 Å². The van der Waals surface area contributed by atoms with Crippen molar-refractivity contribution in [2.75, 3.05) is 19.8 Å². The highest BCUT2D eigenvalue weighted by molar-refractivity contribution is 5.14. The maximum absolute atomic E-state index is 11.3. The summed E-state index contributed by atoms with van der Waals surface area (Å²) in [5.74, 6) is 0. The lowest BCUT2D eigenvalue weighted by atomic mass is 9.80. The largest absolute Gasteiger partial charge is 0.499 e. The average Bonchev–Trinajstić information content (AvgIpc) is 3.12. The molecule has 8 unspecified atom stereocenters. The quantitative estimate of drug-likeness (QED) is 0.246. The molecule has 0 aromatic carbocycles. The van der Waals surface area contributed by atoms with Crippen molar-refractivity contribution in [1.29, 1.82) is 0 Å². The van der Waals surface area contributed by atoms with E-state index >= 15 is 0 Å². The fourth-order valence-corrected chi connectivity index (χ4v) is 5.07. The van der Waals surface area contributed by atoms with Gasteiger partial charge < -0.3 is 47.7 Å². The smallest absolute Gasteiger partial charge is 0.174 e. The Kier molecular flexibility index (Phi) is 11.8. The molecule has 0 spiro atoms. The Bertz CT molecular complexity index is 828. The molecule has 0 amide bonds. The second kappa shape index (κ2) is 14.6. The summed E-state index contributed by atoms with van der Waals surface area (Å²) in [4.78, 5) is 0. The molecular weight excluding hydrogens is 496 g/mol. The van der Waals surface area contributed by atoms with Gasteiger partial charge in [0.1, 0.15) is 49.8 Å². The Morgan fingerprint density at radius 2 is 1.32 bits per heavy atom. The van der Waals surface area contributed by atoms with Gasteiger partial charge in [0.2, 0.25) is 0 Å². The summed E-state index contributed by atoms with van der Waals surface area (Å²) in [6.45, 7) is 27.5. The normalized spacial score (nSPS) is 36.0. The van der Waals surface area contributed by atoms with Crippen molar-refractivity contribution in [2.45, 2.75) is 67.3 Å². The van der Waals surface area contributed by atoms with Crippen LogP contribution in [0.5, 0.6) is 0 Å². The van der Waals surface area contributed by atoms with Gasteiger partial charge in [-0.05, 0) is 6.92 Å². The number of aliphatic hydroxyl groups is 1. The average molecular weight is 537 g/mol. The van der Waals surface area contributed by atoms with Gasteiger partial charge in [0.25, 0.3) is 0 Å². The van der Waals surface area contributed by atoms with Crippen LogP contribution in [-0.4, -0.2) is 78.9 Å². The molecule has 0 aliphatic carbocycles. The first-order valence-corrected chi connectivity index (χ1v) is 12.1. The highest BCUT2D eigenvalue weighted by atomic mass is 16.6. The van der Waals surface area contributed by atoms with E-state index < -0.39 is 53.9 Å². The summed E-state index contributed by atoms with van der Waals surface area (Å²) < 4.78 is 52.8. The molecule has 0 aromatic heterocycles. The van der Waals surface area contributed by atoms with Crippen molar-refractivity contribution in [3.63, 3.8) is 0 Å². The summed E-state index contributed by atoms with van der Waals surface area (Å²) >= 11 is 0. The van der Waals surface area contributed by atoms with E-state index in [4.69, 9.17) is 42.6 Å². The molecule has 2 aliphatic heterocycles. The van der Waals surface area contributed by atoms with Crippen LogP contribution in [0.2, 0.25) is 0 Å². The van der Waals surface area contributed by atoms with Crippen molar-refractivity contribution < 1.29 is 47.7 Å². The number of ether oxygens (including phenoxy) is 9. The lowest BCUT2D eigenvalue weighted by Crippen LogP contribution is -2.63. The lowest BCUT2D eigenvalue weighted by molar-refractivity contribution is -0.249. The Morgan fingerprint density at radius 3 is 1.87 bits per heavy atom. The van der Waals surface area contributed by atoms with Crippen molar-refractivity contribution in [2.24, 2.45) is 0 Å². The van der Waals surface area contributed by atoms with Crippen LogP contribution in [0, 0.1) is 0 Å². The van der Waals surface area contributed by atoms with E-state index in [1.807, 2.05) is 0 Å². The van der Waals surface area contributed by atoms with Crippen molar-refractivity contribution in [1.82, 2.24) is 0 Å². The van der Waals surface area contributed by atoms with Crippen LogP contribution in [0.15, 0.2) is 89.9 Å². The first kappa shape index (κ1) is 30.9. The van der Waals surface area contributed by atoms with Crippen molar-refractivity contribution in [3.05, 3.63) is 89.9 Å². The van der Waals surface area contributed by atoms with Crippen molar-refractivity contribution >= 4 is 0 Å². The van der Waals surface area contributed by atoms with Crippen LogP contribution >= 0.6 is 0 Å². The van der Waals surface area contributed by atoms with Gasteiger partial charge in [-0.3, -0.25) is 0 Å². The molecule has 0 radical (unpaired) electrons. The number of aliphatic hydroxyl groups excluding tert-OH is 1. The molecule has 10 nitrogen and oxygen atoms in total. The zero-order valence-corrected chi connectivity index (χ0v) is 22.0. The SMILES string of the molecule is C=COCC1OC(CC2(COC=C)OC(COC=C)[C@](C)(OC=C)C2OC=C)C(OC=C)C(O)C1OC=C. The summed E-state index contributed by atoms with van der Waals surface area (Å²) in [6, 6.07) is 0. The van der Waals surface area contributed by atoms with Gasteiger partial charge in [0.15, 0.2) is 23.9 Å². The van der Waals surface area contributed by atoms with E-state index in [2.05, 4.69) is 46.1 Å². The fourth-order valence-electron chi connectivity index (χ4n) is 5.07. The van der Waals surface area contributed by atoms with E-state index in [9.17, 15) is 5.11 Å². The minimum atomic E-state index is -1.24. The molecule has 1 N–H and O–H groups in total. The minimum Gasteiger partial charge on any atom is -0.499 e. The summed E-state index contributed by atoms with van der Waals surface area (Å²) in [7, 11) is 0. The number of hydrogen-bond donors (Lipinski definition) is 1. The third kappa shape index (κ3) is 6.56. The van der Waals surface area contributed by atoms with Crippen LogP contribution < -0.4 is 0 Å². The van der Waals surface area contributed by atoms with Gasteiger partial charge in [0, 0.05) is 6.42 Å². The molecule has 0 bridgehead atoms. The maximum atomic E-state index is 11.3. The highest BCUT2D eigenvalue weighted by Crippen LogP contribution is 2.47. The zero-order valence-electron chi connectivity index (χ0n) is 22.0. The first-order chi connectivity index (χ1) is 18.3. The van der Waals surface area contributed by atoms with E-state index in [-0.39, 0.29) is 26.2 Å². The summed E-state index contributed by atoms with van der Waals surface area (Å²) in [5.41, 5.74) is -2.34. The van der Waals surface area contributed by atoms with Gasteiger partial charge in [0.05, 0.1) is 43.8 Å². The molecule has 2 rings (SSSR count). The predicted octanol–water partition coefficient (Wildman–Crippen LogP) is 3.63. The molecular formula is C28H40O10. The molecule has 2 aliphatic rings. The lowest BCUT2D eigenvalue weighted by Gasteiger charge is -2.46. The molecule has 10 heteroatoms. The minimum absolute atomic E-state index is 0.0210. The Labute approximate surface area is 225 Å². The standard InChI is InChI=1S/C28H40O10/c1-9-30-17-21-25(34-13-5)23(29)24(33-12-4)20(37-21)16-28(19-32-11-3)26(35-14-6)27(8,36-15-7)22(38-28)18-31-10-2/h9-15,20-26,29H,1-7,16-19H2,8H3/t20?,21?,22?,23?,24?,25?,26?,27-,28?/m0/s1. The topological polar surface area (TPSA) is 103 Å². The van der Waals surface area contributed by atoms with Gasteiger partial charge in [-0.1, -0.05) is 46.1 Å². The van der Waals surface area contributed by atoms with E-state index in [0.717, 1.165) is 0 Å². The summed E-state index contributed by atoms with van der Waals surface area (Å²) in [6.07, 6.45) is 3.11. The van der Waals surface area contributed by atoms with Crippen LogP contribution in [-0.2, 0) is 42.6 Å². The van der Waals surface area contributed by atoms with Crippen molar-refractivity contribution in [3.8, 4) is 0 Å². The fraction of sp³-hybridized carbons (Fsp3) is 0.500. The molecule has 38 heavy (non-hydrogen) atoms. The second-order valence-electron chi connectivity index (χ2n) is 8.74. The Balaban J connectivity index is 2.57. The van der Waals surface area contributed by atoms with Crippen LogP contribution in [0.3, 0.4) is 0 Å². The monoisotopic (exact) mass is 536 g/mol. The van der Waals surface area contributed by atoms with E-state index in [1.165, 1.54) is 43.8 Å². The van der Waals surface area contributed by atoms with Gasteiger partial charge in [-0.25, -0.2) is 0 Å². The second-order valence-corrected chi connectivity index (χ2v) is 8.74. The maximum Gasteiger partial charge on any atom is 0.174 e. The number of rotatable bonds is 19. The molecule has 212 valence electrons. The van der Waals surface area contributed by atoms with Gasteiger partial charge in [-0.2, -0.15) is 0 Å². The molecule has 2 saturated heterocycles. The van der Waals surface area contributed by atoms with Gasteiger partial charge >= 0.3 is 0 Å². The highest BCUT2D eigenvalue weighted by Gasteiger charge is 2.67. The molecule has 9 atom stereocenters. The molecule has 2 fully saturated rings. The third-order valence-corrected chi connectivity index (χ3v) is 6.58. The van der Waals surface area contributed by atoms with E-state index in [0.29, 0.717) is 0 Å². The van der Waals surface area contributed by atoms with E-state index in [1.54, 1.807) is 6.92 Å². The molecule has 0 saturated carbocycles. The Morgan fingerprint density at radius 1 is 0.737 bits per heavy atom. The summed E-state index contributed by atoms with van der Waals surface area (Å²) in [5, 5.41) is 11.3.